The predicted molar refractivity (Wildman–Crippen MR) is 291 cm³/mol. The Morgan fingerprint density at radius 3 is 1.54 bits per heavy atom. The first kappa shape index (κ1) is 60.3. The van der Waals surface area contributed by atoms with E-state index in [0.29, 0.717) is 64.7 Å². The van der Waals surface area contributed by atoms with E-state index in [0.717, 1.165) is 34.4 Å². The summed E-state index contributed by atoms with van der Waals surface area (Å²) in [5.41, 5.74) is 2.85. The molecule has 424 valence electrons. The van der Waals surface area contributed by atoms with Crippen molar-refractivity contribution in [1.82, 2.24) is 30.7 Å². The molecule has 21 heteroatoms. The average molecular weight is 1100 g/mol. The van der Waals surface area contributed by atoms with Crippen molar-refractivity contribution in [2.75, 3.05) is 37.8 Å². The third-order valence-corrected chi connectivity index (χ3v) is 15.3. The van der Waals surface area contributed by atoms with Crippen LogP contribution in [0.4, 0.5) is 39.3 Å². The minimum Gasteiger partial charge on any atom is -0.480 e. The lowest BCUT2D eigenvalue weighted by atomic mass is 9.94. The van der Waals surface area contributed by atoms with Crippen LogP contribution in [0.25, 0.3) is 0 Å². The van der Waals surface area contributed by atoms with Crippen molar-refractivity contribution in [1.29, 1.82) is 0 Å². The Labute approximate surface area is 459 Å². The van der Waals surface area contributed by atoms with Crippen molar-refractivity contribution in [3.05, 3.63) is 130 Å². The smallest absolute Gasteiger partial charge is 0.418 e. The molecule has 9 amide bonds. The van der Waals surface area contributed by atoms with Gasteiger partial charge in [0.1, 0.15) is 24.7 Å². The zero-order valence-electron chi connectivity index (χ0n) is 43.7. The van der Waals surface area contributed by atoms with Gasteiger partial charge in [-0.2, -0.15) is 0 Å². The van der Waals surface area contributed by atoms with Crippen LogP contribution in [0.1, 0.15) is 127 Å². The maximum absolute atomic E-state index is 13.7. The van der Waals surface area contributed by atoms with E-state index in [4.69, 9.17) is 14.6 Å². The molecule has 6 atom stereocenters. The summed E-state index contributed by atoms with van der Waals surface area (Å²) >= 11 is 0. The number of carbonyl (C=O) groups excluding carboxylic acids is 7. The second-order valence-electron chi connectivity index (χ2n) is 20.7. The van der Waals surface area contributed by atoms with Crippen molar-refractivity contribution < 1.29 is 61.7 Å². The monoisotopic (exact) mass is 1090 g/mol. The Kier molecular flexibility index (Phi) is 18.9. The van der Waals surface area contributed by atoms with Crippen LogP contribution in [0, 0.1) is 23.5 Å². The number of carbonyl (C=O) groups is 8. The van der Waals surface area contributed by atoms with Crippen LogP contribution in [-0.4, -0.2) is 107 Å². The second-order valence-corrected chi connectivity index (χ2v) is 20.7. The molecule has 4 saturated heterocycles. The van der Waals surface area contributed by atoms with Crippen LogP contribution in [0.15, 0.2) is 84.9 Å². The number of halogens is 2. The minimum absolute atomic E-state index is 0. The number of urea groups is 2. The highest BCUT2D eigenvalue weighted by atomic mass is 19.1. The van der Waals surface area contributed by atoms with Crippen molar-refractivity contribution in [2.24, 2.45) is 11.8 Å². The summed E-state index contributed by atoms with van der Waals surface area (Å²) in [6.45, 7) is 7.39. The van der Waals surface area contributed by atoms with Gasteiger partial charge in [0, 0.05) is 67.6 Å². The number of aliphatic carboxylic acids is 1. The highest BCUT2D eigenvalue weighted by Crippen LogP contribution is 2.48. The number of benzene rings is 4. The van der Waals surface area contributed by atoms with Crippen LogP contribution in [0.3, 0.4) is 0 Å². The van der Waals surface area contributed by atoms with Crippen molar-refractivity contribution >= 4 is 59.3 Å². The summed E-state index contributed by atoms with van der Waals surface area (Å²) in [4.78, 5) is 102. The molecular weight excluding hydrogens is 1020 g/mol. The largest absolute Gasteiger partial charge is 0.480 e. The van der Waals surface area contributed by atoms with E-state index in [-0.39, 0.29) is 75.3 Å². The second kappa shape index (κ2) is 24.8. The van der Waals surface area contributed by atoms with Crippen LogP contribution in [0.2, 0.25) is 0 Å². The molecule has 2 spiro atoms. The van der Waals surface area contributed by atoms with Gasteiger partial charge in [-0.1, -0.05) is 78.9 Å². The van der Waals surface area contributed by atoms with E-state index in [9.17, 15) is 47.1 Å². The highest BCUT2D eigenvalue weighted by Gasteiger charge is 2.60. The minimum atomic E-state index is -1.48. The van der Waals surface area contributed by atoms with E-state index in [1.165, 1.54) is 38.2 Å². The molecule has 0 unspecified atom stereocenters. The molecule has 4 heterocycles. The van der Waals surface area contributed by atoms with Gasteiger partial charge in [0.25, 0.3) is 11.8 Å². The first-order valence-corrected chi connectivity index (χ1v) is 25.8. The molecule has 0 saturated carbocycles. The fourth-order valence-corrected chi connectivity index (χ4v) is 11.3. The van der Waals surface area contributed by atoms with Crippen LogP contribution < -0.4 is 26.6 Å². The summed E-state index contributed by atoms with van der Waals surface area (Å²) in [7, 11) is 3.00. The number of hydrogen-bond donors (Lipinski definition) is 6. The van der Waals surface area contributed by atoms with Gasteiger partial charge in [-0.25, -0.2) is 37.8 Å². The molecule has 19 nitrogen and oxygen atoms in total. The van der Waals surface area contributed by atoms with Gasteiger partial charge in [0.2, 0.25) is 17.1 Å². The van der Waals surface area contributed by atoms with Crippen molar-refractivity contribution in [3.63, 3.8) is 0 Å². The number of anilines is 2. The predicted octanol–water partition coefficient (Wildman–Crippen LogP) is 9.28. The number of fused-ring (bicyclic) bond motifs is 4. The summed E-state index contributed by atoms with van der Waals surface area (Å²) in [5, 5.41) is 22.7. The molecule has 0 aromatic heterocycles. The molecule has 6 aliphatic rings. The Balaban J connectivity index is 0.000000210. The van der Waals surface area contributed by atoms with E-state index >= 15 is 0 Å². The first-order valence-electron chi connectivity index (χ1n) is 25.8. The number of amides is 9. The Morgan fingerprint density at radius 2 is 1.11 bits per heavy atom. The summed E-state index contributed by atoms with van der Waals surface area (Å²) < 4.78 is 37.3. The Morgan fingerprint density at radius 1 is 0.646 bits per heavy atom. The average Bonchev–Trinajstić information content (AvgIpc) is 4.11. The number of carboxylic acid groups (broad SMARTS) is 1. The zero-order valence-corrected chi connectivity index (χ0v) is 43.7. The summed E-state index contributed by atoms with van der Waals surface area (Å²) in [6.07, 6.45) is 3.52. The fourth-order valence-electron chi connectivity index (χ4n) is 11.3. The number of nitrogens with zero attached hydrogens (tertiary/aromatic N) is 3. The quantitative estimate of drug-likeness (QED) is 0.0870. The molecule has 0 radical (unpaired) electrons. The van der Waals surface area contributed by atoms with Crippen molar-refractivity contribution in [2.45, 2.75) is 129 Å². The number of rotatable bonds is 10. The lowest BCUT2D eigenvalue weighted by molar-refractivity contribution is -0.144. The summed E-state index contributed by atoms with van der Waals surface area (Å²) in [6, 6.07) is 22.9. The van der Waals surface area contributed by atoms with Gasteiger partial charge < -0.3 is 46.1 Å². The summed E-state index contributed by atoms with van der Waals surface area (Å²) in [5.74, 6) is -2.53. The van der Waals surface area contributed by atoms with Gasteiger partial charge in [0.05, 0.1) is 6.04 Å². The molecule has 4 aliphatic heterocycles. The molecule has 10 rings (SSSR count). The number of hydrogen-bond acceptors (Lipinski definition) is 11. The molecular formula is C58H72F2N8O11. The maximum Gasteiger partial charge on any atom is 0.418 e. The Bertz CT molecular complexity index is 2960. The number of nitrogens with one attached hydrogen (secondary N) is 5. The standard InChI is InChI=1S/C28H31FN4O5.C15H15N3O6.C13H18FN.2CH4/c1-16(2)22-10-11-23(17-4-6-19(29)7-5-17)33(22)24(34)15-32-25(35)28(38-27(32)37)13-12-18-14-20(8-9-21(18)28)31-26(36)30-3;1-16-13(22)17-9-2-3-10-8(6-9)4-5-15(10)12(21)18(7-11(19)20)14(23)24-15;1-9(2)12-7-8-13(15-12)10-3-5-11(14)6-4-10;;/h4-9,14,16,22-23H,10-13,15H2,1-3H3,(H2,30,31,36);2-3,6H,4-5,7H2,1H3,(H,19,20)(H2,16,17,22);3-6,9,12-13,15H,7-8H2,1-2H3;2*1H4/t22-,23+,28-;15-;12-,13+;;/m111../s1. The van der Waals surface area contributed by atoms with Crippen LogP contribution in [0.5, 0.6) is 0 Å². The normalized spacial score (nSPS) is 23.2. The molecule has 4 aromatic rings. The van der Waals surface area contributed by atoms with Gasteiger partial charge in [-0.3, -0.25) is 19.2 Å². The number of carboxylic acids is 1. The van der Waals surface area contributed by atoms with Crippen LogP contribution >= 0.6 is 0 Å². The van der Waals surface area contributed by atoms with Crippen LogP contribution in [-0.2, 0) is 52.7 Å². The number of aryl methyl sites for hydroxylation is 2. The lowest BCUT2D eigenvalue weighted by Crippen LogP contribution is -2.47. The van der Waals surface area contributed by atoms with Gasteiger partial charge in [0.15, 0.2) is 0 Å². The fraction of sp³-hybridized carbons (Fsp3) is 0.448. The van der Waals surface area contributed by atoms with Crippen molar-refractivity contribution in [3.8, 4) is 0 Å². The molecule has 4 fully saturated rings. The molecule has 0 bridgehead atoms. The van der Waals surface area contributed by atoms with Gasteiger partial charge in [-0.05, 0) is 121 Å². The number of likely N-dealkylation sites (tertiary alicyclic amines) is 1. The molecule has 4 aromatic carbocycles. The molecule has 79 heavy (non-hydrogen) atoms. The Hall–Kier alpha value is -7.94. The van der Waals surface area contributed by atoms with E-state index < -0.39 is 54.3 Å². The first-order chi connectivity index (χ1) is 36.7. The highest BCUT2D eigenvalue weighted by molar-refractivity contribution is 6.07. The van der Waals surface area contributed by atoms with Gasteiger partial charge >= 0.3 is 30.2 Å². The molecule has 6 N–H and O–H groups in total. The maximum atomic E-state index is 13.7. The lowest BCUT2D eigenvalue weighted by Gasteiger charge is -2.33. The zero-order chi connectivity index (χ0) is 55.5. The van der Waals surface area contributed by atoms with E-state index in [1.807, 2.05) is 26.0 Å². The number of ether oxygens (including phenoxy) is 2. The van der Waals surface area contributed by atoms with E-state index in [2.05, 4.69) is 40.4 Å². The molecule has 2 aliphatic carbocycles. The third kappa shape index (κ3) is 12.4. The number of imide groups is 2. The SMILES string of the molecule is C.C.CC(C)[C@H]1CC[C@@H](c2ccc(F)cc2)N1.CNC(=O)Nc1ccc2c(c1)CC[C@@]21OC(=O)N(CC(=O)N2[C@@H](C(C)C)CC[C@H]2c2ccc(F)cc2)C1=O.CNC(=O)Nc1ccc2c(c1)CC[C@@]21OC(=O)N(CC(=O)O)C1=O. The van der Waals surface area contributed by atoms with Gasteiger partial charge in [-0.15, -0.1) is 0 Å². The van der Waals surface area contributed by atoms with E-state index in [1.54, 1.807) is 65.6 Å². The third-order valence-electron chi connectivity index (χ3n) is 15.3. The topological polar surface area (TPSA) is 245 Å².